The van der Waals surface area contributed by atoms with Gasteiger partial charge in [-0.1, -0.05) is 173 Å². The number of unbranched alkanes of at least 4 members (excludes halogenated alkanes) is 24. The highest BCUT2D eigenvalue weighted by atomic mass is 16.3. The van der Waals surface area contributed by atoms with Crippen molar-refractivity contribution in [1.29, 1.82) is 0 Å². The average Bonchev–Trinajstić information content (AvgIpc) is 3.06. The summed E-state index contributed by atoms with van der Waals surface area (Å²) in [4.78, 5) is 12.3. The highest BCUT2D eigenvalue weighted by Crippen LogP contribution is 2.15. The van der Waals surface area contributed by atoms with E-state index in [0.29, 0.717) is 12.8 Å². The number of aliphatic hydroxyl groups excluding tert-OH is 3. The lowest BCUT2D eigenvalue weighted by atomic mass is 10.0. The van der Waals surface area contributed by atoms with Gasteiger partial charge >= 0.3 is 0 Å². The molecule has 4 N–H and O–H groups in total. The van der Waals surface area contributed by atoms with E-state index < -0.39 is 18.2 Å². The first kappa shape index (κ1) is 44.8. The smallest absolute Gasteiger partial charge is 0.220 e. The van der Waals surface area contributed by atoms with E-state index in [4.69, 9.17) is 0 Å². The van der Waals surface area contributed by atoms with Crippen LogP contribution in [0, 0.1) is 0 Å². The van der Waals surface area contributed by atoms with Crippen molar-refractivity contribution >= 4 is 5.91 Å². The minimum atomic E-state index is -1.16. The van der Waals surface area contributed by atoms with Gasteiger partial charge in [0, 0.05) is 6.42 Å². The number of nitrogens with one attached hydrogen (secondary N) is 1. The molecular formula is C41H79NO4. The molecule has 0 aromatic carbocycles. The lowest BCUT2D eigenvalue weighted by Gasteiger charge is -2.26. The van der Waals surface area contributed by atoms with E-state index in [9.17, 15) is 20.1 Å². The van der Waals surface area contributed by atoms with Crippen molar-refractivity contribution < 1.29 is 20.1 Å². The number of amides is 1. The molecule has 0 radical (unpaired) electrons. The van der Waals surface area contributed by atoms with Gasteiger partial charge in [-0.25, -0.2) is 0 Å². The minimum absolute atomic E-state index is 0.162. The van der Waals surface area contributed by atoms with Crippen LogP contribution in [-0.2, 0) is 4.79 Å². The van der Waals surface area contributed by atoms with Crippen LogP contribution in [0.15, 0.2) is 24.3 Å². The predicted octanol–water partition coefficient (Wildman–Crippen LogP) is 11.0. The summed E-state index contributed by atoms with van der Waals surface area (Å²) in [5.74, 6) is -0.162. The predicted molar refractivity (Wildman–Crippen MR) is 199 cm³/mol. The first-order chi connectivity index (χ1) is 22.6. The Labute approximate surface area is 286 Å². The van der Waals surface area contributed by atoms with E-state index in [1.54, 1.807) is 0 Å². The normalized spacial score (nSPS) is 13.9. The minimum Gasteiger partial charge on any atom is -0.394 e. The molecule has 0 fully saturated rings. The zero-order valence-corrected chi connectivity index (χ0v) is 30.7. The van der Waals surface area contributed by atoms with Crippen molar-refractivity contribution in [2.75, 3.05) is 6.61 Å². The summed E-state index contributed by atoms with van der Waals surface area (Å²) >= 11 is 0. The molecule has 3 atom stereocenters. The van der Waals surface area contributed by atoms with Crippen LogP contribution in [0.4, 0.5) is 0 Å². The van der Waals surface area contributed by atoms with E-state index in [-0.39, 0.29) is 12.5 Å². The van der Waals surface area contributed by atoms with Gasteiger partial charge < -0.3 is 20.6 Å². The topological polar surface area (TPSA) is 89.8 Å². The molecule has 272 valence electrons. The van der Waals surface area contributed by atoms with Gasteiger partial charge in [0.25, 0.3) is 0 Å². The van der Waals surface area contributed by atoms with Crippen molar-refractivity contribution in [1.82, 2.24) is 5.32 Å². The fourth-order valence-corrected chi connectivity index (χ4v) is 6.12. The second-order valence-electron chi connectivity index (χ2n) is 13.8. The molecule has 0 spiro atoms. The van der Waals surface area contributed by atoms with Crippen LogP contribution in [0.2, 0.25) is 0 Å². The zero-order chi connectivity index (χ0) is 33.8. The van der Waals surface area contributed by atoms with Gasteiger partial charge in [-0.15, -0.1) is 0 Å². The van der Waals surface area contributed by atoms with Gasteiger partial charge in [0.2, 0.25) is 5.91 Å². The van der Waals surface area contributed by atoms with Crippen molar-refractivity contribution in [2.45, 2.75) is 225 Å². The molecule has 0 rings (SSSR count). The summed E-state index contributed by atoms with van der Waals surface area (Å²) in [5.41, 5.74) is 0. The number of rotatable bonds is 36. The summed E-state index contributed by atoms with van der Waals surface area (Å²) in [7, 11) is 0. The van der Waals surface area contributed by atoms with Gasteiger partial charge in [0.15, 0.2) is 0 Å². The number of carbonyl (C=O) groups excluding carboxylic acids is 1. The van der Waals surface area contributed by atoms with Crippen molar-refractivity contribution in [3.63, 3.8) is 0 Å². The Hall–Kier alpha value is -1.17. The lowest BCUT2D eigenvalue weighted by molar-refractivity contribution is -0.124. The highest BCUT2D eigenvalue weighted by molar-refractivity contribution is 5.76. The molecule has 1 amide bonds. The SMILES string of the molecule is CCCCCCCCCCCCCCCC/C=C/CC/C=C/CCCC(O)C(O)C(CO)NC(=O)CCCCCCCCCCC. The Balaban J connectivity index is 3.67. The second-order valence-corrected chi connectivity index (χ2v) is 13.8. The molecule has 3 unspecified atom stereocenters. The Kier molecular flexibility index (Phi) is 35.7. The summed E-state index contributed by atoms with van der Waals surface area (Å²) in [6, 6.07) is -0.826. The van der Waals surface area contributed by atoms with Crippen LogP contribution >= 0.6 is 0 Å². The van der Waals surface area contributed by atoms with Gasteiger partial charge in [0.1, 0.15) is 6.10 Å². The Morgan fingerprint density at radius 1 is 0.522 bits per heavy atom. The van der Waals surface area contributed by atoms with Crippen LogP contribution in [-0.4, -0.2) is 46.1 Å². The highest BCUT2D eigenvalue weighted by Gasteiger charge is 2.26. The molecule has 0 aliphatic rings. The van der Waals surface area contributed by atoms with Gasteiger partial charge in [-0.2, -0.15) is 0 Å². The molecule has 0 saturated carbocycles. The third kappa shape index (κ3) is 31.4. The van der Waals surface area contributed by atoms with Gasteiger partial charge in [-0.3, -0.25) is 4.79 Å². The number of hydrogen-bond donors (Lipinski definition) is 4. The van der Waals surface area contributed by atoms with E-state index in [1.807, 2.05) is 0 Å². The summed E-state index contributed by atoms with van der Waals surface area (Å²) in [6.45, 7) is 4.13. The average molecular weight is 650 g/mol. The van der Waals surface area contributed by atoms with Crippen molar-refractivity contribution in [2.24, 2.45) is 0 Å². The lowest BCUT2D eigenvalue weighted by Crippen LogP contribution is -2.50. The Bertz CT molecular complexity index is 679. The maximum Gasteiger partial charge on any atom is 0.220 e. The molecule has 0 aromatic rings. The number of carbonyl (C=O) groups is 1. The van der Waals surface area contributed by atoms with Gasteiger partial charge in [0.05, 0.1) is 18.8 Å². The van der Waals surface area contributed by atoms with Crippen LogP contribution in [0.25, 0.3) is 0 Å². The maximum atomic E-state index is 12.3. The fourth-order valence-electron chi connectivity index (χ4n) is 6.12. The first-order valence-electron chi connectivity index (χ1n) is 20.1. The Morgan fingerprint density at radius 2 is 0.891 bits per heavy atom. The van der Waals surface area contributed by atoms with Crippen molar-refractivity contribution in [3.8, 4) is 0 Å². The largest absolute Gasteiger partial charge is 0.394 e. The third-order valence-electron chi connectivity index (χ3n) is 9.29. The summed E-state index contributed by atoms with van der Waals surface area (Å²) in [6.07, 6.45) is 42.9. The summed E-state index contributed by atoms with van der Waals surface area (Å²) < 4.78 is 0. The molecule has 46 heavy (non-hydrogen) atoms. The summed E-state index contributed by atoms with van der Waals surface area (Å²) in [5, 5.41) is 33.3. The number of allylic oxidation sites excluding steroid dienone is 4. The molecule has 0 bridgehead atoms. The van der Waals surface area contributed by atoms with E-state index in [1.165, 1.54) is 135 Å². The quantitative estimate of drug-likeness (QED) is 0.0401. The number of hydrogen-bond acceptors (Lipinski definition) is 4. The standard InChI is InChI=1S/C41H79NO4/c1-3-5-7-9-11-13-14-15-16-17-18-19-20-21-22-23-24-25-26-28-29-31-33-35-39(44)41(46)38(37-43)42-40(45)36-34-32-30-27-12-10-8-6-4-2/h23-24,28-29,38-39,41,43-44,46H,3-22,25-27,30-37H2,1-2H3,(H,42,45)/b24-23+,29-28+. The Morgan fingerprint density at radius 3 is 1.33 bits per heavy atom. The monoisotopic (exact) mass is 650 g/mol. The molecule has 0 aromatic heterocycles. The zero-order valence-electron chi connectivity index (χ0n) is 30.7. The van der Waals surface area contributed by atoms with Gasteiger partial charge in [-0.05, 0) is 51.4 Å². The van der Waals surface area contributed by atoms with Crippen LogP contribution in [0.3, 0.4) is 0 Å². The van der Waals surface area contributed by atoms with Crippen molar-refractivity contribution in [3.05, 3.63) is 24.3 Å². The van der Waals surface area contributed by atoms with E-state index in [0.717, 1.165) is 44.9 Å². The van der Waals surface area contributed by atoms with E-state index >= 15 is 0 Å². The third-order valence-corrected chi connectivity index (χ3v) is 9.29. The molecule has 0 saturated heterocycles. The molecule has 0 aliphatic heterocycles. The fraction of sp³-hybridized carbons (Fsp3) is 0.878. The van der Waals surface area contributed by atoms with Crippen LogP contribution in [0.1, 0.15) is 206 Å². The van der Waals surface area contributed by atoms with E-state index in [2.05, 4.69) is 43.5 Å². The second kappa shape index (κ2) is 36.7. The molecule has 5 nitrogen and oxygen atoms in total. The molecule has 5 heteroatoms. The van der Waals surface area contributed by atoms with Crippen LogP contribution in [0.5, 0.6) is 0 Å². The molecular weight excluding hydrogens is 570 g/mol. The first-order valence-corrected chi connectivity index (χ1v) is 20.1. The number of aliphatic hydroxyl groups is 3. The van der Waals surface area contributed by atoms with Crippen LogP contribution < -0.4 is 5.32 Å². The maximum absolute atomic E-state index is 12.3. The molecule has 0 aliphatic carbocycles. The molecule has 0 heterocycles.